The monoisotopic (exact) mass is 399 g/mol. The summed E-state index contributed by atoms with van der Waals surface area (Å²) in [5.74, 6) is 1.41. The van der Waals surface area contributed by atoms with Crippen molar-refractivity contribution in [3.63, 3.8) is 0 Å². The molecule has 0 saturated carbocycles. The molecular formula is C15H14ClN3O4S2. The van der Waals surface area contributed by atoms with Crippen molar-refractivity contribution in [2.45, 2.75) is 23.0 Å². The number of piperidine rings is 1. The zero-order valence-corrected chi connectivity index (χ0v) is 15.4. The second-order valence-electron chi connectivity index (χ2n) is 5.66. The number of aromatic nitrogens is 2. The minimum absolute atomic E-state index is 0.0367. The molecule has 0 spiro atoms. The first-order chi connectivity index (χ1) is 12.0. The number of furan rings is 1. The largest absolute Gasteiger partial charge is 0.459 e. The molecule has 1 aliphatic rings. The molecule has 1 aliphatic heterocycles. The van der Waals surface area contributed by atoms with Gasteiger partial charge in [0.15, 0.2) is 5.76 Å². The Morgan fingerprint density at radius 3 is 2.64 bits per heavy atom. The number of halogens is 1. The van der Waals surface area contributed by atoms with Crippen molar-refractivity contribution in [2.24, 2.45) is 0 Å². The van der Waals surface area contributed by atoms with Gasteiger partial charge in [0.05, 0.1) is 10.6 Å². The van der Waals surface area contributed by atoms with Crippen molar-refractivity contribution < 1.29 is 17.3 Å². The number of rotatable bonds is 4. The number of hydrogen-bond donors (Lipinski definition) is 0. The maximum Gasteiger partial charge on any atom is 0.283 e. The van der Waals surface area contributed by atoms with Gasteiger partial charge in [-0.25, -0.2) is 8.42 Å². The molecule has 7 nitrogen and oxygen atoms in total. The fourth-order valence-electron chi connectivity index (χ4n) is 2.81. The molecule has 0 radical (unpaired) electrons. The molecule has 3 aromatic rings. The van der Waals surface area contributed by atoms with Gasteiger partial charge in [-0.05, 0) is 37.1 Å². The van der Waals surface area contributed by atoms with E-state index in [0.29, 0.717) is 47.8 Å². The molecule has 10 heteroatoms. The van der Waals surface area contributed by atoms with E-state index in [1.807, 2.05) is 0 Å². The Hall–Kier alpha value is -1.68. The van der Waals surface area contributed by atoms with Gasteiger partial charge in [-0.1, -0.05) is 11.6 Å². The van der Waals surface area contributed by atoms with Gasteiger partial charge in [-0.3, -0.25) is 0 Å². The SMILES string of the molecule is O=S(=O)(c1ccc(Cl)s1)N1CCC(c2nnc(-c3ccco3)o2)CC1. The van der Waals surface area contributed by atoms with E-state index in [0.717, 1.165) is 11.3 Å². The van der Waals surface area contributed by atoms with Crippen LogP contribution < -0.4 is 0 Å². The van der Waals surface area contributed by atoms with E-state index in [2.05, 4.69) is 10.2 Å². The number of nitrogens with zero attached hydrogens (tertiary/aromatic N) is 3. The van der Waals surface area contributed by atoms with Crippen molar-refractivity contribution in [3.05, 3.63) is 40.8 Å². The standard InChI is InChI=1S/C15H14ClN3O4S2/c16-12-3-4-13(24-12)25(20,21)19-7-5-10(6-8-19)14-17-18-15(23-14)11-2-1-9-22-11/h1-4,9-10H,5-8H2. The predicted octanol–water partition coefficient (Wildman–Crippen LogP) is 3.61. The molecule has 25 heavy (non-hydrogen) atoms. The van der Waals surface area contributed by atoms with Gasteiger partial charge in [-0.2, -0.15) is 4.31 Å². The molecule has 0 amide bonds. The first kappa shape index (κ1) is 16.8. The highest BCUT2D eigenvalue weighted by molar-refractivity contribution is 7.91. The lowest BCUT2D eigenvalue weighted by Gasteiger charge is -2.29. The van der Waals surface area contributed by atoms with E-state index >= 15 is 0 Å². The smallest absolute Gasteiger partial charge is 0.283 e. The van der Waals surface area contributed by atoms with Crippen LogP contribution in [0.2, 0.25) is 4.34 Å². The van der Waals surface area contributed by atoms with E-state index in [9.17, 15) is 8.42 Å². The summed E-state index contributed by atoms with van der Waals surface area (Å²) in [5.41, 5.74) is 0. The van der Waals surface area contributed by atoms with E-state index in [-0.39, 0.29) is 10.1 Å². The average Bonchev–Trinajstić information content (AvgIpc) is 3.35. The third-order valence-electron chi connectivity index (χ3n) is 4.12. The van der Waals surface area contributed by atoms with Crippen LogP contribution in [-0.4, -0.2) is 36.0 Å². The number of sulfonamides is 1. The highest BCUT2D eigenvalue weighted by Gasteiger charge is 2.33. The number of hydrogen-bond acceptors (Lipinski definition) is 7. The van der Waals surface area contributed by atoms with E-state index < -0.39 is 10.0 Å². The first-order valence-corrected chi connectivity index (χ1v) is 10.3. The topological polar surface area (TPSA) is 89.4 Å². The first-order valence-electron chi connectivity index (χ1n) is 7.67. The van der Waals surface area contributed by atoms with Gasteiger partial charge in [0.25, 0.3) is 15.9 Å². The summed E-state index contributed by atoms with van der Waals surface area (Å²) in [6.45, 7) is 0.808. The van der Waals surface area contributed by atoms with Crippen molar-refractivity contribution >= 4 is 33.0 Å². The fraction of sp³-hybridized carbons (Fsp3) is 0.333. The highest BCUT2D eigenvalue weighted by atomic mass is 35.5. The van der Waals surface area contributed by atoms with E-state index in [1.165, 1.54) is 4.31 Å². The lowest BCUT2D eigenvalue weighted by Crippen LogP contribution is -2.37. The minimum Gasteiger partial charge on any atom is -0.459 e. The van der Waals surface area contributed by atoms with E-state index in [1.54, 1.807) is 30.5 Å². The number of thiophene rings is 1. The Morgan fingerprint density at radius 1 is 1.20 bits per heavy atom. The summed E-state index contributed by atoms with van der Waals surface area (Å²) in [4.78, 5) is 0. The summed E-state index contributed by atoms with van der Waals surface area (Å²) in [6, 6.07) is 6.64. The van der Waals surface area contributed by atoms with Gasteiger partial charge in [0, 0.05) is 19.0 Å². The van der Waals surface area contributed by atoms with Crippen LogP contribution in [0, 0.1) is 0 Å². The molecule has 0 aromatic carbocycles. The van der Waals surface area contributed by atoms with Gasteiger partial charge in [0.2, 0.25) is 5.89 Å². The summed E-state index contributed by atoms with van der Waals surface area (Å²) in [5, 5.41) is 8.08. The van der Waals surface area contributed by atoms with Crippen LogP contribution in [0.15, 0.2) is 43.6 Å². The lowest BCUT2D eigenvalue weighted by atomic mass is 9.98. The van der Waals surface area contributed by atoms with Crippen LogP contribution in [0.5, 0.6) is 0 Å². The molecule has 3 aromatic heterocycles. The van der Waals surface area contributed by atoms with Gasteiger partial charge >= 0.3 is 0 Å². The predicted molar refractivity (Wildman–Crippen MR) is 92.1 cm³/mol. The molecular weight excluding hydrogens is 386 g/mol. The summed E-state index contributed by atoms with van der Waals surface area (Å²) in [6.07, 6.45) is 2.79. The zero-order valence-electron chi connectivity index (χ0n) is 13.0. The molecule has 0 aliphatic carbocycles. The minimum atomic E-state index is -3.49. The Labute approximate surface area is 153 Å². The van der Waals surface area contributed by atoms with Gasteiger partial charge < -0.3 is 8.83 Å². The normalized spacial score (nSPS) is 17.2. The average molecular weight is 400 g/mol. The molecule has 1 fully saturated rings. The maximum absolute atomic E-state index is 12.6. The Bertz CT molecular complexity index is 957. The third-order valence-corrected chi connectivity index (χ3v) is 7.72. The van der Waals surface area contributed by atoms with Crippen LogP contribution in [0.25, 0.3) is 11.7 Å². The van der Waals surface area contributed by atoms with E-state index in [4.69, 9.17) is 20.4 Å². The zero-order chi connectivity index (χ0) is 17.4. The molecule has 4 rings (SSSR count). The Balaban J connectivity index is 1.45. The third kappa shape index (κ3) is 3.24. The maximum atomic E-state index is 12.6. The summed E-state index contributed by atoms with van der Waals surface area (Å²) >= 11 is 6.93. The van der Waals surface area contributed by atoms with Crippen LogP contribution in [0.3, 0.4) is 0 Å². The molecule has 0 bridgehead atoms. The molecule has 0 unspecified atom stereocenters. The van der Waals surface area contributed by atoms with Crippen LogP contribution in [-0.2, 0) is 10.0 Å². The van der Waals surface area contributed by atoms with Gasteiger partial charge in [0.1, 0.15) is 4.21 Å². The second kappa shape index (κ2) is 6.56. The van der Waals surface area contributed by atoms with Crippen LogP contribution in [0.4, 0.5) is 0 Å². The second-order valence-corrected chi connectivity index (χ2v) is 9.54. The molecule has 1 saturated heterocycles. The summed E-state index contributed by atoms with van der Waals surface area (Å²) in [7, 11) is -3.49. The molecule has 0 atom stereocenters. The molecule has 0 N–H and O–H groups in total. The van der Waals surface area contributed by atoms with Crippen LogP contribution in [0.1, 0.15) is 24.7 Å². The fourth-order valence-corrected chi connectivity index (χ4v) is 5.91. The molecule has 132 valence electrons. The highest BCUT2D eigenvalue weighted by Crippen LogP contribution is 2.34. The molecule has 4 heterocycles. The van der Waals surface area contributed by atoms with Gasteiger partial charge in [-0.15, -0.1) is 21.5 Å². The van der Waals surface area contributed by atoms with Crippen molar-refractivity contribution in [1.29, 1.82) is 0 Å². The Kier molecular flexibility index (Phi) is 4.40. The quantitative estimate of drug-likeness (QED) is 0.665. The van der Waals surface area contributed by atoms with Crippen molar-refractivity contribution in [1.82, 2.24) is 14.5 Å². The lowest BCUT2D eigenvalue weighted by molar-refractivity contribution is 0.291. The van der Waals surface area contributed by atoms with Crippen molar-refractivity contribution in [3.8, 4) is 11.7 Å². The summed E-state index contributed by atoms with van der Waals surface area (Å²) < 4.78 is 38.4. The Morgan fingerprint density at radius 2 is 2.00 bits per heavy atom. The van der Waals surface area contributed by atoms with Crippen LogP contribution >= 0.6 is 22.9 Å². The van der Waals surface area contributed by atoms with Crippen molar-refractivity contribution in [2.75, 3.05) is 13.1 Å².